The molecule has 0 heterocycles. The lowest BCUT2D eigenvalue weighted by molar-refractivity contribution is -0.121. The Morgan fingerprint density at radius 3 is 2.59 bits per heavy atom. The number of hydrogen-bond donors (Lipinski definition) is 2. The van der Waals surface area contributed by atoms with Crippen LogP contribution in [-0.4, -0.2) is 30.8 Å². The monoisotopic (exact) mass is 305 g/mol. The predicted octanol–water partition coefficient (Wildman–Crippen LogP) is 2.69. The van der Waals surface area contributed by atoms with Crippen LogP contribution in [0.3, 0.4) is 0 Å². The van der Waals surface area contributed by atoms with Crippen molar-refractivity contribution < 1.29 is 14.6 Å². The summed E-state index contributed by atoms with van der Waals surface area (Å²) in [4.78, 5) is 11.9. The van der Waals surface area contributed by atoms with E-state index in [1.54, 1.807) is 7.11 Å². The molecule has 1 aromatic carbocycles. The molecule has 2 N–H and O–H groups in total. The normalized spacial score (nSPS) is 17.0. The zero-order chi connectivity index (χ0) is 15.8. The van der Waals surface area contributed by atoms with Gasteiger partial charge in [0.25, 0.3) is 0 Å². The average molecular weight is 305 g/mol. The predicted molar refractivity (Wildman–Crippen MR) is 86.9 cm³/mol. The summed E-state index contributed by atoms with van der Waals surface area (Å²) in [5.74, 6) is 1.19. The number of nitrogens with one attached hydrogen (secondary N) is 1. The third kappa shape index (κ3) is 5.34. The first-order valence-electron chi connectivity index (χ1n) is 8.26. The molecule has 1 unspecified atom stereocenters. The highest BCUT2D eigenvalue weighted by atomic mass is 16.5. The van der Waals surface area contributed by atoms with Gasteiger partial charge in [-0.05, 0) is 42.9 Å². The minimum absolute atomic E-state index is 0.00526. The molecule has 122 valence electrons. The fraction of sp³-hybridized carbons (Fsp3) is 0.611. The Balaban J connectivity index is 1.66. The molecular weight excluding hydrogens is 278 g/mol. The maximum Gasteiger partial charge on any atom is 0.220 e. The summed E-state index contributed by atoms with van der Waals surface area (Å²) in [6, 6.07) is 7.76. The van der Waals surface area contributed by atoms with Crippen molar-refractivity contribution in [3.8, 4) is 5.75 Å². The zero-order valence-electron chi connectivity index (χ0n) is 13.4. The van der Waals surface area contributed by atoms with E-state index in [0.717, 1.165) is 24.2 Å². The number of benzene rings is 1. The topological polar surface area (TPSA) is 58.6 Å². The van der Waals surface area contributed by atoms with E-state index >= 15 is 0 Å². The van der Waals surface area contributed by atoms with Gasteiger partial charge in [-0.15, -0.1) is 0 Å². The Morgan fingerprint density at radius 2 is 1.95 bits per heavy atom. The first kappa shape index (κ1) is 16.8. The molecule has 1 atom stereocenters. The Hall–Kier alpha value is -1.55. The van der Waals surface area contributed by atoms with Crippen LogP contribution >= 0.6 is 0 Å². The molecule has 1 aromatic rings. The second-order valence-electron chi connectivity index (χ2n) is 6.12. The van der Waals surface area contributed by atoms with Gasteiger partial charge in [0.15, 0.2) is 0 Å². The molecule has 4 heteroatoms. The van der Waals surface area contributed by atoms with E-state index in [9.17, 15) is 9.90 Å². The number of carbonyl (C=O) groups excluding carboxylic acids is 1. The lowest BCUT2D eigenvalue weighted by atomic mass is 9.85. The second-order valence-corrected chi connectivity index (χ2v) is 6.12. The number of amides is 1. The van der Waals surface area contributed by atoms with Crippen molar-refractivity contribution in [3.63, 3.8) is 0 Å². The van der Waals surface area contributed by atoms with Crippen molar-refractivity contribution in [2.24, 2.45) is 5.92 Å². The van der Waals surface area contributed by atoms with Crippen LogP contribution in [0, 0.1) is 5.92 Å². The fourth-order valence-corrected chi connectivity index (χ4v) is 3.04. The van der Waals surface area contributed by atoms with Gasteiger partial charge in [-0.25, -0.2) is 0 Å². The summed E-state index contributed by atoms with van der Waals surface area (Å²) in [5, 5.41) is 13.0. The van der Waals surface area contributed by atoms with Gasteiger partial charge in [0.2, 0.25) is 5.91 Å². The number of aliphatic hydroxyl groups is 1. The highest BCUT2D eigenvalue weighted by Crippen LogP contribution is 2.26. The number of aryl methyl sites for hydroxylation is 1. The van der Waals surface area contributed by atoms with Crippen molar-refractivity contribution in [2.75, 3.05) is 13.7 Å². The molecule has 0 bridgehead atoms. The van der Waals surface area contributed by atoms with Gasteiger partial charge in [0, 0.05) is 13.0 Å². The highest BCUT2D eigenvalue weighted by molar-refractivity contribution is 5.76. The molecule has 22 heavy (non-hydrogen) atoms. The molecule has 0 saturated heterocycles. The number of aliphatic hydroxyl groups excluding tert-OH is 1. The molecule has 0 aliphatic heterocycles. The lowest BCUT2D eigenvalue weighted by Crippen LogP contribution is -2.37. The fourth-order valence-electron chi connectivity index (χ4n) is 3.04. The molecule has 1 fully saturated rings. The van der Waals surface area contributed by atoms with E-state index in [2.05, 4.69) is 5.32 Å². The third-order valence-electron chi connectivity index (χ3n) is 4.50. The van der Waals surface area contributed by atoms with Gasteiger partial charge in [0.1, 0.15) is 5.75 Å². The van der Waals surface area contributed by atoms with Crippen LogP contribution in [0.15, 0.2) is 24.3 Å². The Bertz CT molecular complexity index is 452. The second kappa shape index (κ2) is 8.79. The minimum Gasteiger partial charge on any atom is -0.497 e. The Kier molecular flexibility index (Phi) is 6.72. The van der Waals surface area contributed by atoms with Crippen LogP contribution in [0.4, 0.5) is 0 Å². The van der Waals surface area contributed by atoms with Gasteiger partial charge in [-0.3, -0.25) is 4.79 Å². The van der Waals surface area contributed by atoms with E-state index in [0.29, 0.717) is 25.3 Å². The van der Waals surface area contributed by atoms with Crippen LogP contribution in [0.5, 0.6) is 5.75 Å². The van der Waals surface area contributed by atoms with Crippen LogP contribution < -0.4 is 10.1 Å². The Morgan fingerprint density at radius 1 is 1.27 bits per heavy atom. The van der Waals surface area contributed by atoms with E-state index in [4.69, 9.17) is 4.74 Å². The Labute approximate surface area is 132 Å². The molecule has 1 aliphatic carbocycles. The SMILES string of the molecule is COc1ccc(CCC(=O)NCC(O)C2CCCCC2)cc1. The molecule has 4 nitrogen and oxygen atoms in total. The molecule has 0 spiro atoms. The van der Waals surface area contributed by atoms with Crippen LogP contribution in [0.1, 0.15) is 44.1 Å². The maximum absolute atomic E-state index is 11.9. The van der Waals surface area contributed by atoms with Gasteiger partial charge in [-0.2, -0.15) is 0 Å². The van der Waals surface area contributed by atoms with Crippen LogP contribution in [-0.2, 0) is 11.2 Å². The number of ether oxygens (including phenoxy) is 1. The number of rotatable bonds is 7. The van der Waals surface area contributed by atoms with Crippen molar-refractivity contribution >= 4 is 5.91 Å². The summed E-state index contributed by atoms with van der Waals surface area (Å²) in [6.45, 7) is 0.381. The first-order chi connectivity index (χ1) is 10.7. The molecule has 0 radical (unpaired) electrons. The van der Waals surface area contributed by atoms with Crippen LogP contribution in [0.2, 0.25) is 0 Å². The van der Waals surface area contributed by atoms with Crippen LogP contribution in [0.25, 0.3) is 0 Å². The summed E-state index contributed by atoms with van der Waals surface area (Å²) in [5.41, 5.74) is 1.11. The van der Waals surface area contributed by atoms with Gasteiger partial charge in [0.05, 0.1) is 13.2 Å². The average Bonchev–Trinajstić information content (AvgIpc) is 2.59. The van der Waals surface area contributed by atoms with Gasteiger partial charge >= 0.3 is 0 Å². The molecule has 1 saturated carbocycles. The first-order valence-corrected chi connectivity index (χ1v) is 8.26. The van der Waals surface area contributed by atoms with Crippen molar-refractivity contribution in [1.29, 1.82) is 0 Å². The van der Waals surface area contributed by atoms with E-state index in [-0.39, 0.29) is 5.91 Å². The third-order valence-corrected chi connectivity index (χ3v) is 4.50. The smallest absolute Gasteiger partial charge is 0.220 e. The number of methoxy groups -OCH3 is 1. The number of carbonyl (C=O) groups is 1. The summed E-state index contributed by atoms with van der Waals surface area (Å²) >= 11 is 0. The van der Waals surface area contributed by atoms with Crippen molar-refractivity contribution in [3.05, 3.63) is 29.8 Å². The molecular formula is C18H27NO3. The van der Waals surface area contributed by atoms with Crippen molar-refractivity contribution in [1.82, 2.24) is 5.32 Å². The molecule has 1 amide bonds. The van der Waals surface area contributed by atoms with E-state index < -0.39 is 6.10 Å². The summed E-state index contributed by atoms with van der Waals surface area (Å²) in [6.07, 6.45) is 6.60. The summed E-state index contributed by atoms with van der Waals surface area (Å²) < 4.78 is 5.11. The number of hydrogen-bond acceptors (Lipinski definition) is 3. The van der Waals surface area contributed by atoms with E-state index in [1.807, 2.05) is 24.3 Å². The quantitative estimate of drug-likeness (QED) is 0.814. The zero-order valence-corrected chi connectivity index (χ0v) is 13.4. The maximum atomic E-state index is 11.9. The van der Waals surface area contributed by atoms with E-state index in [1.165, 1.54) is 19.3 Å². The standard InChI is InChI=1S/C18H27NO3/c1-22-16-10-7-14(8-11-16)9-12-18(21)19-13-17(20)15-5-3-2-4-6-15/h7-8,10-11,15,17,20H,2-6,9,12-13H2,1H3,(H,19,21). The molecule has 0 aromatic heterocycles. The molecule has 2 rings (SSSR count). The van der Waals surface area contributed by atoms with Crippen molar-refractivity contribution in [2.45, 2.75) is 51.0 Å². The summed E-state index contributed by atoms with van der Waals surface area (Å²) in [7, 11) is 1.64. The lowest BCUT2D eigenvalue weighted by Gasteiger charge is -2.26. The minimum atomic E-state index is -0.398. The highest BCUT2D eigenvalue weighted by Gasteiger charge is 2.21. The van der Waals surface area contributed by atoms with Gasteiger partial charge in [-0.1, -0.05) is 31.4 Å². The largest absolute Gasteiger partial charge is 0.497 e. The van der Waals surface area contributed by atoms with Gasteiger partial charge < -0.3 is 15.2 Å². The molecule has 1 aliphatic rings.